The summed E-state index contributed by atoms with van der Waals surface area (Å²) in [4.78, 5) is 0. The van der Waals surface area contributed by atoms with Crippen molar-refractivity contribution in [3.05, 3.63) is 30.3 Å². The first kappa shape index (κ1) is 13.0. The molecule has 0 saturated heterocycles. The summed E-state index contributed by atoms with van der Waals surface area (Å²) < 4.78 is 5.66. The van der Waals surface area contributed by atoms with Crippen molar-refractivity contribution in [3.8, 4) is 5.75 Å². The summed E-state index contributed by atoms with van der Waals surface area (Å²) in [7, 11) is 0. The summed E-state index contributed by atoms with van der Waals surface area (Å²) in [6.07, 6.45) is 2.00. The van der Waals surface area contributed by atoms with E-state index >= 15 is 0 Å². The molecule has 0 aliphatic heterocycles. The number of ether oxygens (including phenoxy) is 1. The van der Waals surface area contributed by atoms with Crippen molar-refractivity contribution in [2.45, 2.75) is 39.2 Å². The van der Waals surface area contributed by atoms with Gasteiger partial charge < -0.3 is 10.5 Å². The van der Waals surface area contributed by atoms with Crippen LogP contribution in [0.15, 0.2) is 30.3 Å². The molecule has 0 bridgehead atoms. The van der Waals surface area contributed by atoms with Crippen LogP contribution in [0.2, 0.25) is 0 Å². The van der Waals surface area contributed by atoms with Gasteiger partial charge in [-0.3, -0.25) is 0 Å². The van der Waals surface area contributed by atoms with Gasteiger partial charge in [0.2, 0.25) is 0 Å². The van der Waals surface area contributed by atoms with Gasteiger partial charge in [0, 0.05) is 5.54 Å². The van der Waals surface area contributed by atoms with E-state index in [1.807, 2.05) is 30.3 Å². The predicted octanol–water partition coefficient (Wildman–Crippen LogP) is 3.22. The van der Waals surface area contributed by atoms with Gasteiger partial charge in [-0.25, -0.2) is 0 Å². The smallest absolute Gasteiger partial charge is 0.119 e. The van der Waals surface area contributed by atoms with Crippen LogP contribution in [-0.2, 0) is 0 Å². The van der Waals surface area contributed by atoms with E-state index in [1.165, 1.54) is 0 Å². The van der Waals surface area contributed by atoms with Crippen LogP contribution in [0.4, 0.5) is 0 Å². The number of benzene rings is 1. The molecule has 1 aromatic carbocycles. The van der Waals surface area contributed by atoms with Crippen molar-refractivity contribution in [1.82, 2.24) is 0 Å². The van der Waals surface area contributed by atoms with Crippen LogP contribution in [0.5, 0.6) is 5.75 Å². The zero-order valence-corrected chi connectivity index (χ0v) is 10.6. The molecule has 2 atom stereocenters. The van der Waals surface area contributed by atoms with Gasteiger partial charge in [0.15, 0.2) is 0 Å². The second-order valence-corrected chi connectivity index (χ2v) is 4.73. The van der Waals surface area contributed by atoms with Crippen molar-refractivity contribution in [2.75, 3.05) is 6.61 Å². The van der Waals surface area contributed by atoms with Gasteiger partial charge in [0.25, 0.3) is 0 Å². The third kappa shape index (κ3) is 3.86. The first-order valence-electron chi connectivity index (χ1n) is 6.03. The highest BCUT2D eigenvalue weighted by molar-refractivity contribution is 5.20. The molecule has 2 unspecified atom stereocenters. The Morgan fingerprint density at radius 2 is 1.94 bits per heavy atom. The molecule has 2 nitrogen and oxygen atoms in total. The minimum absolute atomic E-state index is 0.135. The molecule has 0 spiro atoms. The van der Waals surface area contributed by atoms with Crippen molar-refractivity contribution in [2.24, 2.45) is 11.7 Å². The maximum atomic E-state index is 6.25. The Morgan fingerprint density at radius 1 is 1.31 bits per heavy atom. The van der Waals surface area contributed by atoms with Crippen molar-refractivity contribution < 1.29 is 4.74 Å². The number of rotatable bonds is 6. The van der Waals surface area contributed by atoms with Crippen LogP contribution in [0.25, 0.3) is 0 Å². The fourth-order valence-electron chi connectivity index (χ4n) is 1.62. The molecule has 90 valence electrons. The lowest BCUT2D eigenvalue weighted by atomic mass is 9.84. The molecule has 0 aliphatic carbocycles. The van der Waals surface area contributed by atoms with Gasteiger partial charge >= 0.3 is 0 Å². The highest BCUT2D eigenvalue weighted by atomic mass is 16.5. The minimum Gasteiger partial charge on any atom is -0.494 e. The summed E-state index contributed by atoms with van der Waals surface area (Å²) in [5, 5.41) is 0. The molecular weight excluding hydrogens is 198 g/mol. The van der Waals surface area contributed by atoms with E-state index in [1.54, 1.807) is 0 Å². The topological polar surface area (TPSA) is 35.2 Å². The summed E-state index contributed by atoms with van der Waals surface area (Å²) >= 11 is 0. The highest BCUT2D eigenvalue weighted by Crippen LogP contribution is 2.21. The SMILES string of the molecule is CCC(C)C(C)(N)CCOc1ccccc1. The fourth-order valence-corrected chi connectivity index (χ4v) is 1.62. The molecule has 1 aromatic rings. The maximum absolute atomic E-state index is 6.25. The van der Waals surface area contributed by atoms with Crippen LogP contribution in [0.1, 0.15) is 33.6 Å². The lowest BCUT2D eigenvalue weighted by Crippen LogP contribution is -2.44. The molecule has 0 radical (unpaired) electrons. The zero-order valence-electron chi connectivity index (χ0n) is 10.6. The van der Waals surface area contributed by atoms with E-state index < -0.39 is 0 Å². The lowest BCUT2D eigenvalue weighted by molar-refractivity contribution is 0.218. The van der Waals surface area contributed by atoms with Gasteiger partial charge in [-0.1, -0.05) is 38.5 Å². The normalized spacial score (nSPS) is 16.5. The van der Waals surface area contributed by atoms with E-state index in [-0.39, 0.29) is 5.54 Å². The first-order valence-corrected chi connectivity index (χ1v) is 6.03. The Hall–Kier alpha value is -1.02. The van der Waals surface area contributed by atoms with Crippen molar-refractivity contribution in [1.29, 1.82) is 0 Å². The van der Waals surface area contributed by atoms with E-state index in [2.05, 4.69) is 20.8 Å². The molecule has 0 fully saturated rings. The molecule has 0 heterocycles. The first-order chi connectivity index (χ1) is 7.56. The summed E-state index contributed by atoms with van der Waals surface area (Å²) in [6.45, 7) is 7.16. The zero-order chi connectivity index (χ0) is 12.0. The van der Waals surface area contributed by atoms with Crippen LogP contribution in [-0.4, -0.2) is 12.1 Å². The lowest BCUT2D eigenvalue weighted by Gasteiger charge is -2.31. The van der Waals surface area contributed by atoms with Crippen LogP contribution in [0, 0.1) is 5.92 Å². The number of para-hydroxylation sites is 1. The molecule has 2 N–H and O–H groups in total. The molecule has 0 amide bonds. The summed E-state index contributed by atoms with van der Waals surface area (Å²) in [5.41, 5.74) is 6.12. The minimum atomic E-state index is -0.135. The Bertz CT molecular complexity index is 295. The molecular formula is C14H23NO. The average Bonchev–Trinajstić information content (AvgIpc) is 2.29. The molecule has 16 heavy (non-hydrogen) atoms. The van der Waals surface area contributed by atoms with E-state index in [0.717, 1.165) is 18.6 Å². The number of hydrogen-bond donors (Lipinski definition) is 1. The molecule has 0 saturated carbocycles. The maximum Gasteiger partial charge on any atom is 0.119 e. The van der Waals surface area contributed by atoms with E-state index in [0.29, 0.717) is 12.5 Å². The largest absolute Gasteiger partial charge is 0.494 e. The third-order valence-electron chi connectivity index (χ3n) is 3.39. The van der Waals surface area contributed by atoms with Gasteiger partial charge in [0.05, 0.1) is 6.61 Å². The molecule has 0 aliphatic rings. The van der Waals surface area contributed by atoms with Crippen molar-refractivity contribution >= 4 is 0 Å². The molecule has 2 heteroatoms. The number of nitrogens with two attached hydrogens (primary N) is 1. The fraction of sp³-hybridized carbons (Fsp3) is 0.571. The monoisotopic (exact) mass is 221 g/mol. The Balaban J connectivity index is 2.35. The third-order valence-corrected chi connectivity index (χ3v) is 3.39. The quantitative estimate of drug-likeness (QED) is 0.800. The average molecular weight is 221 g/mol. The summed E-state index contributed by atoms with van der Waals surface area (Å²) in [5.74, 6) is 1.44. The van der Waals surface area contributed by atoms with Gasteiger partial charge in [-0.15, -0.1) is 0 Å². The Morgan fingerprint density at radius 3 is 2.50 bits per heavy atom. The standard InChI is InChI=1S/C14H23NO/c1-4-12(2)14(3,15)10-11-16-13-8-6-5-7-9-13/h5-9,12H,4,10-11,15H2,1-3H3. The Labute approximate surface area is 98.8 Å². The van der Waals surface area contributed by atoms with Gasteiger partial charge in [-0.2, -0.15) is 0 Å². The van der Waals surface area contributed by atoms with Crippen LogP contribution in [0.3, 0.4) is 0 Å². The molecule has 1 rings (SSSR count). The number of hydrogen-bond acceptors (Lipinski definition) is 2. The highest BCUT2D eigenvalue weighted by Gasteiger charge is 2.24. The van der Waals surface area contributed by atoms with E-state index in [9.17, 15) is 0 Å². The van der Waals surface area contributed by atoms with E-state index in [4.69, 9.17) is 10.5 Å². The van der Waals surface area contributed by atoms with Crippen LogP contribution < -0.4 is 10.5 Å². The predicted molar refractivity (Wildman–Crippen MR) is 68.6 cm³/mol. The second-order valence-electron chi connectivity index (χ2n) is 4.73. The van der Waals surface area contributed by atoms with Gasteiger partial charge in [0.1, 0.15) is 5.75 Å². The van der Waals surface area contributed by atoms with Gasteiger partial charge in [-0.05, 0) is 31.4 Å². The summed E-state index contributed by atoms with van der Waals surface area (Å²) in [6, 6.07) is 9.88. The molecule has 0 aromatic heterocycles. The second kappa shape index (κ2) is 5.90. The van der Waals surface area contributed by atoms with Crippen LogP contribution >= 0.6 is 0 Å². The Kier molecular flexibility index (Phi) is 4.81. The van der Waals surface area contributed by atoms with Crippen molar-refractivity contribution in [3.63, 3.8) is 0 Å².